The maximum atomic E-state index is 6.06. The van der Waals surface area contributed by atoms with Crippen LogP contribution in [0.2, 0.25) is 5.02 Å². The van der Waals surface area contributed by atoms with Crippen LogP contribution >= 0.6 is 11.6 Å². The summed E-state index contributed by atoms with van der Waals surface area (Å²) in [5, 5.41) is 4.92. The molecule has 1 heterocycles. The highest BCUT2D eigenvalue weighted by Crippen LogP contribution is 2.58. The van der Waals surface area contributed by atoms with Crippen molar-refractivity contribution in [1.82, 2.24) is 5.16 Å². The van der Waals surface area contributed by atoms with Crippen molar-refractivity contribution in [2.24, 2.45) is 11.8 Å². The Bertz CT molecular complexity index is 627. The maximum absolute atomic E-state index is 6.06. The Morgan fingerprint density at radius 1 is 1.21 bits per heavy atom. The fourth-order valence-electron chi connectivity index (χ4n) is 3.47. The first-order chi connectivity index (χ1) is 9.22. The first-order valence-corrected chi connectivity index (χ1v) is 7.11. The highest BCUT2D eigenvalue weighted by molar-refractivity contribution is 6.30. The molecule has 2 atom stereocenters. The predicted molar refractivity (Wildman–Crippen MR) is 74.9 cm³/mol. The molecule has 0 saturated heterocycles. The van der Waals surface area contributed by atoms with E-state index in [-0.39, 0.29) is 0 Å². The molecule has 0 bridgehead atoms. The number of hydrogen-bond donors (Lipinski definition) is 1. The number of nitrogens with two attached hydrogens (primary N) is 1. The van der Waals surface area contributed by atoms with Crippen LogP contribution in [0, 0.1) is 11.8 Å². The van der Waals surface area contributed by atoms with Crippen molar-refractivity contribution < 1.29 is 4.52 Å². The number of nitrogens with zero attached hydrogens (tertiary/aromatic N) is 1. The average molecular weight is 275 g/mol. The maximum Gasteiger partial charge on any atom is 0.230 e. The van der Waals surface area contributed by atoms with Gasteiger partial charge in [-0.15, -0.1) is 0 Å². The molecule has 2 fully saturated rings. The molecule has 1 aromatic heterocycles. The number of aromatic nitrogens is 1. The van der Waals surface area contributed by atoms with Gasteiger partial charge in [0.1, 0.15) is 0 Å². The quantitative estimate of drug-likeness (QED) is 0.897. The zero-order chi connectivity index (χ0) is 13.0. The highest BCUT2D eigenvalue weighted by Gasteiger charge is 2.47. The zero-order valence-corrected chi connectivity index (χ0v) is 11.2. The SMILES string of the molecule is Nc1onc(C2CC3CC3C2)c1-c1cccc(Cl)c1. The van der Waals surface area contributed by atoms with Crippen LogP contribution in [0.1, 0.15) is 30.9 Å². The van der Waals surface area contributed by atoms with Crippen LogP contribution in [-0.4, -0.2) is 5.16 Å². The van der Waals surface area contributed by atoms with E-state index in [9.17, 15) is 0 Å². The van der Waals surface area contributed by atoms with Crippen LogP contribution in [-0.2, 0) is 0 Å². The molecular weight excluding hydrogens is 260 g/mol. The second kappa shape index (κ2) is 4.01. The molecule has 2 aliphatic rings. The monoisotopic (exact) mass is 274 g/mol. The van der Waals surface area contributed by atoms with Crippen molar-refractivity contribution in [2.45, 2.75) is 25.2 Å². The summed E-state index contributed by atoms with van der Waals surface area (Å²) >= 11 is 6.06. The van der Waals surface area contributed by atoms with E-state index in [1.54, 1.807) is 0 Å². The Morgan fingerprint density at radius 2 is 2.00 bits per heavy atom. The lowest BCUT2D eigenvalue weighted by atomic mass is 9.93. The Hall–Kier alpha value is -1.48. The molecule has 2 aromatic rings. The van der Waals surface area contributed by atoms with E-state index in [1.807, 2.05) is 24.3 Å². The number of halogens is 1. The molecule has 0 amide bonds. The molecule has 0 radical (unpaired) electrons. The van der Waals surface area contributed by atoms with E-state index < -0.39 is 0 Å². The molecule has 3 nitrogen and oxygen atoms in total. The highest BCUT2D eigenvalue weighted by atomic mass is 35.5. The van der Waals surface area contributed by atoms with Crippen LogP contribution in [0.25, 0.3) is 11.1 Å². The Morgan fingerprint density at radius 3 is 2.74 bits per heavy atom. The van der Waals surface area contributed by atoms with Gasteiger partial charge in [-0.2, -0.15) is 0 Å². The van der Waals surface area contributed by atoms with Gasteiger partial charge in [0.2, 0.25) is 5.88 Å². The molecule has 98 valence electrons. The van der Waals surface area contributed by atoms with Gasteiger partial charge in [-0.25, -0.2) is 0 Å². The lowest BCUT2D eigenvalue weighted by molar-refractivity contribution is 0.416. The second-order valence-electron chi connectivity index (χ2n) is 5.74. The number of rotatable bonds is 2. The van der Waals surface area contributed by atoms with Crippen molar-refractivity contribution in [3.8, 4) is 11.1 Å². The Kier molecular flexibility index (Phi) is 2.39. The van der Waals surface area contributed by atoms with Crippen molar-refractivity contribution in [2.75, 3.05) is 5.73 Å². The molecule has 0 spiro atoms. The van der Waals surface area contributed by atoms with E-state index in [0.29, 0.717) is 16.8 Å². The molecule has 2 N–H and O–H groups in total. The topological polar surface area (TPSA) is 52.0 Å². The van der Waals surface area contributed by atoms with Crippen molar-refractivity contribution >= 4 is 17.5 Å². The summed E-state index contributed by atoms with van der Waals surface area (Å²) in [5.74, 6) is 2.72. The summed E-state index contributed by atoms with van der Waals surface area (Å²) in [6, 6.07) is 7.72. The third-order valence-corrected chi connectivity index (χ3v) is 4.72. The minimum Gasteiger partial charge on any atom is -0.367 e. The van der Waals surface area contributed by atoms with Gasteiger partial charge in [0.05, 0.1) is 11.3 Å². The molecule has 2 saturated carbocycles. The third-order valence-electron chi connectivity index (χ3n) is 4.49. The summed E-state index contributed by atoms with van der Waals surface area (Å²) in [4.78, 5) is 0. The van der Waals surface area contributed by atoms with Gasteiger partial charge >= 0.3 is 0 Å². The Balaban J connectivity index is 1.76. The molecule has 0 aliphatic heterocycles. The summed E-state index contributed by atoms with van der Waals surface area (Å²) in [7, 11) is 0. The normalized spacial score (nSPS) is 28.4. The largest absolute Gasteiger partial charge is 0.367 e. The van der Waals surface area contributed by atoms with Crippen LogP contribution in [0.5, 0.6) is 0 Å². The molecule has 2 aliphatic carbocycles. The van der Waals surface area contributed by atoms with Gasteiger partial charge in [0.15, 0.2) is 0 Å². The molecule has 4 rings (SSSR count). The number of anilines is 1. The smallest absolute Gasteiger partial charge is 0.230 e. The predicted octanol–water partition coefficient (Wildman–Crippen LogP) is 4.09. The standard InChI is InChI=1S/C15H15ClN2O/c16-12-3-1-2-8(7-12)13-14(18-19-15(13)17)11-5-9-4-10(9)6-11/h1-3,7,9-11H,4-6,17H2. The van der Waals surface area contributed by atoms with Gasteiger partial charge in [0.25, 0.3) is 0 Å². The summed E-state index contributed by atoms with van der Waals surface area (Å²) < 4.78 is 5.24. The first kappa shape index (κ1) is 11.4. The van der Waals surface area contributed by atoms with Gasteiger partial charge in [-0.1, -0.05) is 28.9 Å². The van der Waals surface area contributed by atoms with Gasteiger partial charge in [0, 0.05) is 10.9 Å². The number of benzene rings is 1. The fourth-order valence-corrected chi connectivity index (χ4v) is 3.66. The molecular formula is C15H15ClN2O. The van der Waals surface area contributed by atoms with E-state index in [4.69, 9.17) is 21.9 Å². The summed E-state index contributed by atoms with van der Waals surface area (Å²) in [6.45, 7) is 0. The van der Waals surface area contributed by atoms with Crippen LogP contribution in [0.3, 0.4) is 0 Å². The lowest BCUT2D eigenvalue weighted by Crippen LogP contribution is -1.99. The van der Waals surface area contributed by atoms with E-state index in [0.717, 1.165) is 28.7 Å². The van der Waals surface area contributed by atoms with Crippen molar-refractivity contribution in [3.63, 3.8) is 0 Å². The molecule has 2 unspecified atom stereocenters. The number of nitrogen functional groups attached to an aromatic ring is 1. The van der Waals surface area contributed by atoms with E-state index in [2.05, 4.69) is 5.16 Å². The van der Waals surface area contributed by atoms with Crippen LogP contribution < -0.4 is 5.73 Å². The Labute approximate surface area is 116 Å². The third kappa shape index (κ3) is 1.84. The number of fused-ring (bicyclic) bond motifs is 1. The lowest BCUT2D eigenvalue weighted by Gasteiger charge is -2.10. The summed E-state index contributed by atoms with van der Waals surface area (Å²) in [5.41, 5.74) is 8.93. The first-order valence-electron chi connectivity index (χ1n) is 6.73. The molecule has 4 heteroatoms. The van der Waals surface area contributed by atoms with Crippen LogP contribution in [0.15, 0.2) is 28.8 Å². The van der Waals surface area contributed by atoms with Crippen LogP contribution in [0.4, 0.5) is 5.88 Å². The average Bonchev–Trinajstić information content (AvgIpc) is 2.84. The van der Waals surface area contributed by atoms with Gasteiger partial charge in [-0.3, -0.25) is 0 Å². The zero-order valence-electron chi connectivity index (χ0n) is 10.5. The minimum atomic E-state index is 0.401. The minimum absolute atomic E-state index is 0.401. The van der Waals surface area contributed by atoms with E-state index in [1.165, 1.54) is 19.3 Å². The van der Waals surface area contributed by atoms with Gasteiger partial charge in [-0.05, 0) is 48.8 Å². The molecule has 19 heavy (non-hydrogen) atoms. The molecule has 1 aromatic carbocycles. The van der Waals surface area contributed by atoms with Crippen molar-refractivity contribution in [1.29, 1.82) is 0 Å². The van der Waals surface area contributed by atoms with Crippen molar-refractivity contribution in [3.05, 3.63) is 35.0 Å². The fraction of sp³-hybridized carbons (Fsp3) is 0.400. The second-order valence-corrected chi connectivity index (χ2v) is 6.18. The van der Waals surface area contributed by atoms with Gasteiger partial charge < -0.3 is 10.3 Å². The van der Waals surface area contributed by atoms with E-state index >= 15 is 0 Å². The number of hydrogen-bond acceptors (Lipinski definition) is 3. The summed E-state index contributed by atoms with van der Waals surface area (Å²) in [6.07, 6.45) is 3.85.